The molecule has 11 heavy (non-hydrogen) atoms. The van der Waals surface area contributed by atoms with Crippen molar-refractivity contribution >= 4 is 0 Å². The summed E-state index contributed by atoms with van der Waals surface area (Å²) in [6.07, 6.45) is 1.02. The van der Waals surface area contributed by atoms with Crippen LogP contribution in [0.2, 0.25) is 0 Å². The molecule has 1 aliphatic rings. The van der Waals surface area contributed by atoms with E-state index < -0.39 is 0 Å². The van der Waals surface area contributed by atoms with Crippen molar-refractivity contribution < 1.29 is 0 Å². The van der Waals surface area contributed by atoms with Gasteiger partial charge in [-0.15, -0.1) is 5.10 Å². The molecule has 60 valence electrons. The second-order valence-corrected chi connectivity index (χ2v) is 3.44. The number of hydrogen-bond acceptors (Lipinski definition) is 3. The van der Waals surface area contributed by atoms with Crippen molar-refractivity contribution in [2.75, 3.05) is 0 Å². The maximum absolute atomic E-state index is 3.94. The Kier molecular flexibility index (Phi) is 1.41. The Hall–Kier alpha value is -0.930. The SMILES string of the molecule is C[C@@H]1Cn2nnnc2C[C@@H]1C. The number of rotatable bonds is 0. The molecule has 2 atom stereocenters. The van der Waals surface area contributed by atoms with Gasteiger partial charge in [-0.2, -0.15) is 0 Å². The van der Waals surface area contributed by atoms with Gasteiger partial charge in [0.15, 0.2) is 5.82 Å². The second-order valence-electron chi connectivity index (χ2n) is 3.44. The van der Waals surface area contributed by atoms with Crippen LogP contribution < -0.4 is 0 Å². The Bertz CT molecular complexity index is 230. The first-order valence-electron chi connectivity index (χ1n) is 4.02. The molecule has 4 heteroatoms. The minimum atomic E-state index is 0.700. The smallest absolute Gasteiger partial charge is 0.151 e. The third-order valence-corrected chi connectivity index (χ3v) is 2.54. The molecule has 0 aromatic carbocycles. The van der Waals surface area contributed by atoms with E-state index in [9.17, 15) is 0 Å². The van der Waals surface area contributed by atoms with Crippen LogP contribution in [0.25, 0.3) is 0 Å². The summed E-state index contributed by atoms with van der Waals surface area (Å²) in [5, 5.41) is 11.5. The van der Waals surface area contributed by atoms with E-state index in [4.69, 9.17) is 0 Å². The highest BCUT2D eigenvalue weighted by atomic mass is 15.5. The molecule has 0 N–H and O–H groups in total. The number of aromatic nitrogens is 4. The van der Waals surface area contributed by atoms with Gasteiger partial charge in [0, 0.05) is 13.0 Å². The minimum Gasteiger partial charge on any atom is -0.229 e. The van der Waals surface area contributed by atoms with E-state index in [0.29, 0.717) is 11.8 Å². The van der Waals surface area contributed by atoms with Gasteiger partial charge in [-0.1, -0.05) is 13.8 Å². The molecule has 1 aliphatic heterocycles. The quantitative estimate of drug-likeness (QED) is 0.543. The first-order valence-corrected chi connectivity index (χ1v) is 4.02. The van der Waals surface area contributed by atoms with Crippen LogP contribution in [0.3, 0.4) is 0 Å². The molecule has 4 nitrogen and oxygen atoms in total. The largest absolute Gasteiger partial charge is 0.229 e. The highest BCUT2D eigenvalue weighted by Gasteiger charge is 2.23. The lowest BCUT2D eigenvalue weighted by Gasteiger charge is -2.24. The lowest BCUT2D eigenvalue weighted by molar-refractivity contribution is 0.274. The molecule has 0 spiro atoms. The summed E-state index contributed by atoms with van der Waals surface area (Å²) in [6.45, 7) is 5.47. The predicted octanol–water partition coefficient (Wildman–Crippen LogP) is 0.501. The second kappa shape index (κ2) is 2.29. The van der Waals surface area contributed by atoms with E-state index in [2.05, 4.69) is 29.4 Å². The molecule has 0 unspecified atom stereocenters. The molecule has 0 amide bonds. The van der Waals surface area contributed by atoms with Crippen LogP contribution in [0.15, 0.2) is 0 Å². The van der Waals surface area contributed by atoms with Crippen molar-refractivity contribution in [1.29, 1.82) is 0 Å². The Morgan fingerprint density at radius 3 is 3.00 bits per heavy atom. The van der Waals surface area contributed by atoms with Gasteiger partial charge in [-0.25, -0.2) is 4.68 Å². The van der Waals surface area contributed by atoms with Crippen LogP contribution in [0.1, 0.15) is 19.7 Å². The highest BCUT2D eigenvalue weighted by Crippen LogP contribution is 2.22. The number of hydrogen-bond donors (Lipinski definition) is 0. The van der Waals surface area contributed by atoms with Crippen LogP contribution in [0, 0.1) is 11.8 Å². The summed E-state index contributed by atoms with van der Waals surface area (Å²) in [6, 6.07) is 0. The van der Waals surface area contributed by atoms with Gasteiger partial charge in [-0.3, -0.25) is 0 Å². The summed E-state index contributed by atoms with van der Waals surface area (Å²) >= 11 is 0. The zero-order valence-electron chi connectivity index (χ0n) is 6.86. The van der Waals surface area contributed by atoms with Gasteiger partial charge in [0.25, 0.3) is 0 Å². The zero-order chi connectivity index (χ0) is 7.84. The third-order valence-electron chi connectivity index (χ3n) is 2.54. The van der Waals surface area contributed by atoms with Gasteiger partial charge >= 0.3 is 0 Å². The maximum Gasteiger partial charge on any atom is 0.151 e. The average Bonchev–Trinajstić information content (AvgIpc) is 2.36. The Balaban J connectivity index is 2.30. The van der Waals surface area contributed by atoms with E-state index in [1.807, 2.05) is 4.68 Å². The monoisotopic (exact) mass is 152 g/mol. The van der Waals surface area contributed by atoms with Crippen LogP contribution in [0.5, 0.6) is 0 Å². The molecule has 1 aromatic rings. The summed E-state index contributed by atoms with van der Waals surface area (Å²) < 4.78 is 1.91. The number of tetrazole rings is 1. The summed E-state index contributed by atoms with van der Waals surface area (Å²) in [5.41, 5.74) is 0. The molecular weight excluding hydrogens is 140 g/mol. The lowest BCUT2D eigenvalue weighted by Crippen LogP contribution is -2.26. The van der Waals surface area contributed by atoms with Crippen molar-refractivity contribution in [3.8, 4) is 0 Å². The fourth-order valence-electron chi connectivity index (χ4n) is 1.45. The molecule has 0 saturated carbocycles. The predicted molar refractivity (Wildman–Crippen MR) is 39.8 cm³/mol. The minimum absolute atomic E-state index is 0.700. The van der Waals surface area contributed by atoms with Crippen LogP contribution in [0.4, 0.5) is 0 Å². The van der Waals surface area contributed by atoms with Crippen molar-refractivity contribution in [1.82, 2.24) is 20.2 Å². The first kappa shape index (κ1) is 6.76. The fraction of sp³-hybridized carbons (Fsp3) is 0.857. The zero-order valence-corrected chi connectivity index (χ0v) is 6.86. The van der Waals surface area contributed by atoms with E-state index >= 15 is 0 Å². The van der Waals surface area contributed by atoms with Gasteiger partial charge in [0.05, 0.1) is 0 Å². The van der Waals surface area contributed by atoms with E-state index in [1.54, 1.807) is 0 Å². The fourth-order valence-corrected chi connectivity index (χ4v) is 1.45. The number of fused-ring (bicyclic) bond motifs is 1. The van der Waals surface area contributed by atoms with Crippen molar-refractivity contribution in [2.24, 2.45) is 11.8 Å². The molecule has 0 fully saturated rings. The Labute approximate surface area is 65.6 Å². The third kappa shape index (κ3) is 1.02. The standard InChI is InChI=1S/C7H12N4/c1-5-3-7-8-9-10-11(7)4-6(5)2/h5-6H,3-4H2,1-2H3/t5-,6+/m0/s1. The van der Waals surface area contributed by atoms with Gasteiger partial charge in [0.2, 0.25) is 0 Å². The molecule has 0 radical (unpaired) electrons. The highest BCUT2D eigenvalue weighted by molar-refractivity contribution is 4.89. The molecule has 2 rings (SSSR count). The summed E-state index contributed by atoms with van der Waals surface area (Å²) in [7, 11) is 0. The van der Waals surface area contributed by atoms with Gasteiger partial charge in [0.1, 0.15) is 0 Å². The normalized spacial score (nSPS) is 30.0. The molecule has 1 aromatic heterocycles. The van der Waals surface area contributed by atoms with E-state index in [0.717, 1.165) is 18.8 Å². The van der Waals surface area contributed by atoms with Crippen LogP contribution in [-0.2, 0) is 13.0 Å². The Morgan fingerprint density at radius 2 is 2.18 bits per heavy atom. The Morgan fingerprint density at radius 1 is 1.36 bits per heavy atom. The average molecular weight is 152 g/mol. The maximum atomic E-state index is 3.94. The van der Waals surface area contributed by atoms with Gasteiger partial charge in [-0.05, 0) is 22.3 Å². The van der Waals surface area contributed by atoms with Crippen molar-refractivity contribution in [2.45, 2.75) is 26.8 Å². The van der Waals surface area contributed by atoms with E-state index in [1.165, 1.54) is 0 Å². The van der Waals surface area contributed by atoms with Gasteiger partial charge < -0.3 is 0 Å². The molecule has 0 bridgehead atoms. The van der Waals surface area contributed by atoms with Crippen molar-refractivity contribution in [3.05, 3.63) is 5.82 Å². The lowest BCUT2D eigenvalue weighted by atomic mass is 9.90. The molecular formula is C7H12N4. The topological polar surface area (TPSA) is 43.6 Å². The molecule has 0 aliphatic carbocycles. The van der Waals surface area contributed by atoms with Crippen molar-refractivity contribution in [3.63, 3.8) is 0 Å². The molecule has 2 heterocycles. The summed E-state index contributed by atoms with van der Waals surface area (Å²) in [4.78, 5) is 0. The number of nitrogens with zero attached hydrogens (tertiary/aromatic N) is 4. The summed E-state index contributed by atoms with van der Waals surface area (Å²) in [5.74, 6) is 2.45. The first-order chi connectivity index (χ1) is 5.27. The van der Waals surface area contributed by atoms with Crippen LogP contribution in [-0.4, -0.2) is 20.2 Å². The molecule has 0 saturated heterocycles. The van der Waals surface area contributed by atoms with E-state index in [-0.39, 0.29) is 0 Å². The van der Waals surface area contributed by atoms with Crippen LogP contribution >= 0.6 is 0 Å².